The van der Waals surface area contributed by atoms with Gasteiger partial charge in [0.2, 0.25) is 0 Å². The topological polar surface area (TPSA) is 52.6 Å². The summed E-state index contributed by atoms with van der Waals surface area (Å²) in [6.45, 7) is 4.69. The summed E-state index contributed by atoms with van der Waals surface area (Å²) >= 11 is 1.40. The van der Waals surface area contributed by atoms with Gasteiger partial charge in [-0.25, -0.2) is 0 Å². The number of thiophene rings is 1. The van der Waals surface area contributed by atoms with E-state index in [-0.39, 0.29) is 12.5 Å². The van der Waals surface area contributed by atoms with Crippen molar-refractivity contribution in [2.45, 2.75) is 26.3 Å². The van der Waals surface area contributed by atoms with Gasteiger partial charge in [0.05, 0.1) is 16.4 Å². The zero-order chi connectivity index (χ0) is 15.1. The number of carbonyl (C=O) groups is 1. The first kappa shape index (κ1) is 16.7. The van der Waals surface area contributed by atoms with Crippen LogP contribution in [0.3, 0.4) is 0 Å². The molecule has 2 N–H and O–H groups in total. The number of aliphatic hydroxyl groups excluding tert-OH is 1. The van der Waals surface area contributed by atoms with E-state index in [4.69, 9.17) is 5.11 Å². The molecular formula is C15H22N2O2S. The largest absolute Gasteiger partial charge is 0.395 e. The predicted molar refractivity (Wildman–Crippen MR) is 83.1 cm³/mol. The smallest absolute Gasteiger partial charge is 0.261 e. The van der Waals surface area contributed by atoms with Gasteiger partial charge in [0.25, 0.3) is 5.91 Å². The number of amides is 1. The first-order valence-electron chi connectivity index (χ1n) is 6.60. The Morgan fingerprint density at radius 2 is 2.25 bits per heavy atom. The highest BCUT2D eigenvalue weighted by Gasteiger charge is 2.13. The van der Waals surface area contributed by atoms with Gasteiger partial charge in [-0.15, -0.1) is 11.3 Å². The highest BCUT2D eigenvalue weighted by Crippen LogP contribution is 2.20. The minimum absolute atomic E-state index is 0.0537. The van der Waals surface area contributed by atoms with E-state index in [1.165, 1.54) is 11.3 Å². The molecule has 0 saturated carbocycles. The van der Waals surface area contributed by atoms with E-state index in [9.17, 15) is 4.79 Å². The highest BCUT2D eigenvalue weighted by atomic mass is 32.1. The summed E-state index contributed by atoms with van der Waals surface area (Å²) < 4.78 is 0. The molecule has 0 aliphatic rings. The van der Waals surface area contributed by atoms with Crippen LogP contribution in [0.4, 0.5) is 0 Å². The fraction of sp³-hybridized carbons (Fsp3) is 0.533. The van der Waals surface area contributed by atoms with Crippen LogP contribution in [0.1, 0.15) is 33.5 Å². The molecule has 1 aromatic rings. The third kappa shape index (κ3) is 4.97. The lowest BCUT2D eigenvalue weighted by Gasteiger charge is -2.19. The summed E-state index contributed by atoms with van der Waals surface area (Å²) in [5.41, 5.74) is 1.01. The number of carbonyl (C=O) groups excluding carboxylic acids is 1. The third-order valence-electron chi connectivity index (χ3n) is 3.02. The number of nitrogens with zero attached hydrogens (tertiary/aromatic N) is 1. The van der Waals surface area contributed by atoms with E-state index < -0.39 is 0 Å². The number of hydrogen-bond acceptors (Lipinski definition) is 4. The molecule has 0 aromatic carbocycles. The van der Waals surface area contributed by atoms with Crippen LogP contribution < -0.4 is 5.32 Å². The molecule has 20 heavy (non-hydrogen) atoms. The second-order valence-electron chi connectivity index (χ2n) is 4.92. The molecule has 0 radical (unpaired) electrons. The Hall–Kier alpha value is -1.35. The summed E-state index contributed by atoms with van der Waals surface area (Å²) in [5, 5.41) is 11.6. The van der Waals surface area contributed by atoms with Crippen LogP contribution in [0.15, 0.2) is 6.07 Å². The van der Waals surface area contributed by atoms with Crippen molar-refractivity contribution in [2.24, 2.45) is 0 Å². The van der Waals surface area contributed by atoms with Gasteiger partial charge in [0.15, 0.2) is 0 Å². The Morgan fingerprint density at radius 3 is 2.85 bits per heavy atom. The molecule has 1 rings (SSSR count). The average molecular weight is 294 g/mol. The summed E-state index contributed by atoms with van der Waals surface area (Å²) in [6.07, 6.45) is 0.458. The predicted octanol–water partition coefficient (Wildman–Crippen LogP) is 1.47. The molecule has 1 amide bonds. The monoisotopic (exact) mass is 294 g/mol. The molecule has 0 bridgehead atoms. The van der Waals surface area contributed by atoms with Gasteiger partial charge in [0.1, 0.15) is 0 Å². The molecule has 0 saturated heterocycles. The maximum absolute atomic E-state index is 12.1. The van der Waals surface area contributed by atoms with E-state index in [1.807, 2.05) is 27.1 Å². The van der Waals surface area contributed by atoms with Gasteiger partial charge in [-0.1, -0.05) is 11.8 Å². The van der Waals surface area contributed by atoms with Crippen LogP contribution in [0.5, 0.6) is 0 Å². The van der Waals surface area contributed by atoms with E-state index in [0.29, 0.717) is 23.9 Å². The summed E-state index contributed by atoms with van der Waals surface area (Å²) in [6, 6.07) is 2.16. The summed E-state index contributed by atoms with van der Waals surface area (Å²) in [7, 11) is 3.97. The van der Waals surface area contributed by atoms with Gasteiger partial charge in [-0.2, -0.15) is 0 Å². The van der Waals surface area contributed by atoms with Crippen LogP contribution in [-0.2, 0) is 0 Å². The molecule has 110 valence electrons. The van der Waals surface area contributed by atoms with Crippen LogP contribution in [0.25, 0.3) is 0 Å². The van der Waals surface area contributed by atoms with Crippen molar-refractivity contribution in [3.8, 4) is 11.8 Å². The molecule has 0 aliphatic carbocycles. The van der Waals surface area contributed by atoms with Gasteiger partial charge < -0.3 is 15.3 Å². The van der Waals surface area contributed by atoms with Crippen molar-refractivity contribution in [1.29, 1.82) is 0 Å². The molecule has 1 aromatic heterocycles. The molecule has 0 spiro atoms. The SMILES string of the molecule is Cc1cc(C(=O)NCC(C)N(C)C)sc1C#CCCO. The van der Waals surface area contributed by atoms with Gasteiger partial charge in [-0.05, 0) is 39.6 Å². The fourth-order valence-electron chi connectivity index (χ4n) is 1.43. The Kier molecular flexibility index (Phi) is 6.73. The van der Waals surface area contributed by atoms with Crippen LogP contribution in [-0.4, -0.2) is 49.2 Å². The molecule has 5 heteroatoms. The second-order valence-corrected chi connectivity index (χ2v) is 5.97. The van der Waals surface area contributed by atoms with E-state index >= 15 is 0 Å². The standard InChI is InChI=1S/C15H22N2O2S/c1-11-9-14(20-13(11)7-5-6-8-18)15(19)16-10-12(2)17(3)4/h9,12,18H,6,8,10H2,1-4H3,(H,16,19). The number of hydrogen-bond donors (Lipinski definition) is 2. The summed E-state index contributed by atoms with van der Waals surface area (Å²) in [4.78, 5) is 15.7. The minimum atomic E-state index is -0.0537. The number of rotatable bonds is 5. The van der Waals surface area contributed by atoms with Crippen molar-refractivity contribution >= 4 is 17.2 Å². The molecule has 1 atom stereocenters. The normalized spacial score (nSPS) is 11.9. The first-order chi connectivity index (χ1) is 9.45. The maximum Gasteiger partial charge on any atom is 0.261 e. The number of aliphatic hydroxyl groups is 1. The number of nitrogens with one attached hydrogen (secondary N) is 1. The molecular weight excluding hydrogens is 272 g/mol. The van der Waals surface area contributed by atoms with Gasteiger partial charge >= 0.3 is 0 Å². The lowest BCUT2D eigenvalue weighted by atomic mass is 10.2. The zero-order valence-corrected chi connectivity index (χ0v) is 13.3. The Bertz CT molecular complexity index is 512. The quantitative estimate of drug-likeness (QED) is 0.809. The Labute approximate surface area is 124 Å². The lowest BCUT2D eigenvalue weighted by Crippen LogP contribution is -2.37. The molecule has 1 heterocycles. The van der Waals surface area contributed by atoms with Crippen LogP contribution in [0, 0.1) is 18.8 Å². The van der Waals surface area contributed by atoms with Gasteiger partial charge in [-0.3, -0.25) is 4.79 Å². The van der Waals surface area contributed by atoms with Crippen molar-refractivity contribution in [3.05, 3.63) is 21.4 Å². The minimum Gasteiger partial charge on any atom is -0.395 e. The van der Waals surface area contributed by atoms with Crippen molar-refractivity contribution in [1.82, 2.24) is 10.2 Å². The van der Waals surface area contributed by atoms with Crippen molar-refractivity contribution in [2.75, 3.05) is 27.2 Å². The van der Waals surface area contributed by atoms with E-state index in [1.54, 1.807) is 0 Å². The lowest BCUT2D eigenvalue weighted by molar-refractivity contribution is 0.0947. The van der Waals surface area contributed by atoms with Crippen LogP contribution >= 0.6 is 11.3 Å². The average Bonchev–Trinajstić information content (AvgIpc) is 2.77. The van der Waals surface area contributed by atoms with E-state index in [0.717, 1.165) is 10.4 Å². The van der Waals surface area contributed by atoms with Gasteiger partial charge in [0, 0.05) is 19.0 Å². The maximum atomic E-state index is 12.1. The van der Waals surface area contributed by atoms with Crippen molar-refractivity contribution < 1.29 is 9.90 Å². The molecule has 4 nitrogen and oxygen atoms in total. The molecule has 1 unspecified atom stereocenters. The van der Waals surface area contributed by atoms with Crippen molar-refractivity contribution in [3.63, 3.8) is 0 Å². The summed E-state index contributed by atoms with van der Waals surface area (Å²) in [5.74, 6) is 5.82. The molecule has 0 fully saturated rings. The Balaban J connectivity index is 2.66. The second kappa shape index (κ2) is 8.05. The Morgan fingerprint density at radius 1 is 1.55 bits per heavy atom. The fourth-order valence-corrected chi connectivity index (χ4v) is 2.39. The third-order valence-corrected chi connectivity index (χ3v) is 4.17. The number of aryl methyl sites for hydroxylation is 1. The zero-order valence-electron chi connectivity index (χ0n) is 12.5. The molecule has 0 aliphatic heterocycles. The first-order valence-corrected chi connectivity index (χ1v) is 7.42. The van der Waals surface area contributed by atoms with E-state index in [2.05, 4.69) is 29.0 Å². The number of likely N-dealkylation sites (N-methyl/N-ethyl adjacent to an activating group) is 1. The van der Waals surface area contributed by atoms with Crippen LogP contribution in [0.2, 0.25) is 0 Å². The highest BCUT2D eigenvalue weighted by molar-refractivity contribution is 7.14.